The van der Waals surface area contributed by atoms with E-state index < -0.39 is 0 Å². The summed E-state index contributed by atoms with van der Waals surface area (Å²) in [5.41, 5.74) is 0.982. The van der Waals surface area contributed by atoms with Crippen LogP contribution >= 0.6 is 15.9 Å². The summed E-state index contributed by atoms with van der Waals surface area (Å²) in [6.45, 7) is 3.13. The van der Waals surface area contributed by atoms with Crippen LogP contribution in [0, 0.1) is 0 Å². The first-order valence-corrected chi connectivity index (χ1v) is 7.44. The predicted molar refractivity (Wildman–Crippen MR) is 78.8 cm³/mol. The molecule has 0 aliphatic carbocycles. The Morgan fingerprint density at radius 3 is 2.85 bits per heavy atom. The quantitative estimate of drug-likeness (QED) is 0.816. The van der Waals surface area contributed by atoms with Crippen LogP contribution in [0.2, 0.25) is 0 Å². The summed E-state index contributed by atoms with van der Waals surface area (Å²) in [5.74, 6) is -0.395. The molecule has 0 spiro atoms. The van der Waals surface area contributed by atoms with Gasteiger partial charge in [0, 0.05) is 36.7 Å². The van der Waals surface area contributed by atoms with E-state index in [9.17, 15) is 9.59 Å². The van der Waals surface area contributed by atoms with Crippen LogP contribution in [0.4, 0.5) is 0 Å². The van der Waals surface area contributed by atoms with Crippen LogP contribution in [0.5, 0.6) is 0 Å². The minimum absolute atomic E-state index is 0.134. The maximum atomic E-state index is 12.4. The van der Waals surface area contributed by atoms with Crippen LogP contribution in [0.1, 0.15) is 20.7 Å². The van der Waals surface area contributed by atoms with Crippen molar-refractivity contribution in [1.82, 2.24) is 15.1 Å². The van der Waals surface area contributed by atoms with E-state index in [0.717, 1.165) is 19.6 Å². The number of piperazine rings is 1. The van der Waals surface area contributed by atoms with Crippen LogP contribution in [-0.2, 0) is 0 Å². The molecule has 3 rings (SSSR count). The largest absolute Gasteiger partial charge is 0.310 e. The van der Waals surface area contributed by atoms with Crippen molar-refractivity contribution in [2.45, 2.75) is 6.04 Å². The van der Waals surface area contributed by atoms with E-state index in [0.29, 0.717) is 22.1 Å². The summed E-state index contributed by atoms with van der Waals surface area (Å²) in [6, 6.07) is 5.42. The summed E-state index contributed by atoms with van der Waals surface area (Å²) < 4.78 is 0.685. The molecule has 2 aliphatic rings. The van der Waals surface area contributed by atoms with E-state index >= 15 is 0 Å². The van der Waals surface area contributed by atoms with Crippen LogP contribution in [0.15, 0.2) is 22.7 Å². The molecule has 1 atom stereocenters. The molecule has 1 N–H and O–H groups in total. The molecular weight excluding hydrogens is 322 g/mol. The molecule has 1 saturated heterocycles. The number of amides is 2. The molecule has 1 aromatic rings. The minimum atomic E-state index is -0.201. The number of nitrogens with zero attached hydrogens (tertiary/aromatic N) is 2. The third-order valence-corrected chi connectivity index (χ3v) is 4.47. The number of carbonyl (C=O) groups excluding carboxylic acids is 2. The lowest BCUT2D eigenvalue weighted by Gasteiger charge is -2.32. The van der Waals surface area contributed by atoms with Crippen molar-refractivity contribution >= 4 is 27.7 Å². The Labute approximate surface area is 126 Å². The van der Waals surface area contributed by atoms with Crippen LogP contribution < -0.4 is 5.32 Å². The molecule has 1 aromatic carbocycles. The molecule has 1 fully saturated rings. The highest BCUT2D eigenvalue weighted by Crippen LogP contribution is 2.29. The van der Waals surface area contributed by atoms with Gasteiger partial charge in [0.1, 0.15) is 0 Å². The van der Waals surface area contributed by atoms with Gasteiger partial charge in [-0.25, -0.2) is 0 Å². The number of imide groups is 1. The lowest BCUT2D eigenvalue weighted by Crippen LogP contribution is -2.54. The first kappa shape index (κ1) is 13.7. The van der Waals surface area contributed by atoms with Gasteiger partial charge in [0.25, 0.3) is 11.8 Å². The molecule has 2 aliphatic heterocycles. The van der Waals surface area contributed by atoms with Crippen molar-refractivity contribution in [3.63, 3.8) is 0 Å². The molecule has 0 saturated carbocycles. The number of carbonyl (C=O) groups is 2. The Morgan fingerprint density at radius 1 is 1.35 bits per heavy atom. The van der Waals surface area contributed by atoms with Crippen molar-refractivity contribution in [3.8, 4) is 0 Å². The Kier molecular flexibility index (Phi) is 3.62. The van der Waals surface area contributed by atoms with E-state index in [4.69, 9.17) is 0 Å². The molecule has 106 valence electrons. The number of likely N-dealkylation sites (N-methyl/N-ethyl adjacent to an activating group) is 1. The molecule has 6 heteroatoms. The Bertz CT molecular complexity index is 576. The highest BCUT2D eigenvalue weighted by atomic mass is 79.9. The molecule has 0 bridgehead atoms. The maximum Gasteiger partial charge on any atom is 0.262 e. The highest BCUT2D eigenvalue weighted by molar-refractivity contribution is 9.10. The average molecular weight is 338 g/mol. The molecule has 1 unspecified atom stereocenters. The number of halogens is 1. The zero-order valence-electron chi connectivity index (χ0n) is 11.2. The summed E-state index contributed by atoms with van der Waals surface area (Å²) >= 11 is 3.35. The molecule has 5 nitrogen and oxygen atoms in total. The first-order chi connectivity index (χ1) is 9.58. The second-order valence-corrected chi connectivity index (χ2v) is 6.15. The van der Waals surface area contributed by atoms with Gasteiger partial charge in [-0.1, -0.05) is 6.07 Å². The van der Waals surface area contributed by atoms with Crippen molar-refractivity contribution in [2.24, 2.45) is 0 Å². The second-order valence-electron chi connectivity index (χ2n) is 5.30. The van der Waals surface area contributed by atoms with Crippen LogP contribution in [0.3, 0.4) is 0 Å². The van der Waals surface area contributed by atoms with Gasteiger partial charge in [0.2, 0.25) is 0 Å². The zero-order chi connectivity index (χ0) is 14.3. The van der Waals surface area contributed by atoms with Crippen molar-refractivity contribution in [1.29, 1.82) is 0 Å². The fourth-order valence-corrected chi connectivity index (χ4v) is 3.33. The number of hydrogen-bond donors (Lipinski definition) is 1. The van der Waals surface area contributed by atoms with Crippen LogP contribution in [-0.4, -0.2) is 60.9 Å². The average Bonchev–Trinajstić information content (AvgIpc) is 2.65. The number of fused-ring (bicyclic) bond motifs is 1. The second kappa shape index (κ2) is 5.27. The summed E-state index contributed by atoms with van der Waals surface area (Å²) in [5, 5.41) is 3.36. The first-order valence-electron chi connectivity index (χ1n) is 6.64. The van der Waals surface area contributed by atoms with E-state index in [1.54, 1.807) is 18.2 Å². The van der Waals surface area contributed by atoms with Gasteiger partial charge in [-0.2, -0.15) is 0 Å². The normalized spacial score (nSPS) is 23.3. The van der Waals surface area contributed by atoms with Gasteiger partial charge in [0.15, 0.2) is 0 Å². The van der Waals surface area contributed by atoms with Gasteiger partial charge in [0.05, 0.1) is 11.1 Å². The van der Waals surface area contributed by atoms with Gasteiger partial charge in [-0.3, -0.25) is 14.5 Å². The fourth-order valence-electron chi connectivity index (χ4n) is 2.79. The van der Waals surface area contributed by atoms with Gasteiger partial charge in [-0.05, 0) is 35.1 Å². The van der Waals surface area contributed by atoms with E-state index in [-0.39, 0.29) is 17.9 Å². The van der Waals surface area contributed by atoms with Crippen molar-refractivity contribution < 1.29 is 9.59 Å². The Morgan fingerprint density at radius 2 is 2.15 bits per heavy atom. The smallest absolute Gasteiger partial charge is 0.262 e. The highest BCUT2D eigenvalue weighted by Gasteiger charge is 2.38. The Hall–Kier alpha value is -1.24. The minimum Gasteiger partial charge on any atom is -0.310 e. The van der Waals surface area contributed by atoms with Gasteiger partial charge in [-0.15, -0.1) is 0 Å². The number of benzene rings is 1. The number of nitrogens with one attached hydrogen (secondary N) is 1. The lowest BCUT2D eigenvalue weighted by atomic mass is 10.1. The predicted octanol–water partition coefficient (Wildman–Crippen LogP) is 0.949. The van der Waals surface area contributed by atoms with E-state index in [1.165, 1.54) is 4.90 Å². The van der Waals surface area contributed by atoms with Crippen molar-refractivity contribution in [2.75, 3.05) is 33.2 Å². The van der Waals surface area contributed by atoms with Crippen LogP contribution in [0.25, 0.3) is 0 Å². The molecule has 2 amide bonds. The molecule has 0 radical (unpaired) electrons. The van der Waals surface area contributed by atoms with Gasteiger partial charge >= 0.3 is 0 Å². The number of rotatable bonds is 2. The topological polar surface area (TPSA) is 52.6 Å². The van der Waals surface area contributed by atoms with Crippen molar-refractivity contribution in [3.05, 3.63) is 33.8 Å². The molecule has 20 heavy (non-hydrogen) atoms. The Balaban J connectivity index is 1.81. The van der Waals surface area contributed by atoms with Gasteiger partial charge < -0.3 is 10.2 Å². The maximum absolute atomic E-state index is 12.4. The molecule has 2 heterocycles. The summed E-state index contributed by atoms with van der Waals surface area (Å²) in [7, 11) is 2.05. The SMILES string of the molecule is CN1CCNC(CN2C(=O)c3cccc(Br)c3C2=O)C1. The summed E-state index contributed by atoms with van der Waals surface area (Å²) in [4.78, 5) is 28.3. The third kappa shape index (κ3) is 2.28. The lowest BCUT2D eigenvalue weighted by molar-refractivity contribution is 0.0621. The molecule has 0 aromatic heterocycles. The van der Waals surface area contributed by atoms with E-state index in [2.05, 4.69) is 26.1 Å². The number of hydrogen-bond acceptors (Lipinski definition) is 4. The molecular formula is C14H16BrN3O2. The monoisotopic (exact) mass is 337 g/mol. The third-order valence-electron chi connectivity index (χ3n) is 3.81. The van der Waals surface area contributed by atoms with E-state index in [1.807, 2.05) is 7.05 Å². The fraction of sp³-hybridized carbons (Fsp3) is 0.429. The zero-order valence-corrected chi connectivity index (χ0v) is 12.8. The summed E-state index contributed by atoms with van der Waals surface area (Å²) in [6.07, 6.45) is 0. The standard InChI is InChI=1S/C14H16BrN3O2/c1-17-6-5-16-9(7-17)8-18-13(19)10-3-2-4-11(15)12(10)14(18)20/h2-4,9,16H,5-8H2,1H3.